The SMILES string of the molecule is Cc1[nH]cnc1CN1CCc2c(c3cccc4c3n2CC4)C1=O. The van der Waals surface area contributed by atoms with Crippen LogP contribution >= 0.6 is 0 Å². The van der Waals surface area contributed by atoms with Crippen LogP contribution in [0.25, 0.3) is 10.9 Å². The maximum absolute atomic E-state index is 13.1. The van der Waals surface area contributed by atoms with Gasteiger partial charge in [-0.3, -0.25) is 4.79 Å². The smallest absolute Gasteiger partial charge is 0.256 e. The number of para-hydroxylation sites is 1. The number of rotatable bonds is 2. The molecule has 5 heteroatoms. The fraction of sp³-hybridized carbons (Fsp3) is 0.333. The number of aryl methyl sites for hydroxylation is 3. The van der Waals surface area contributed by atoms with Gasteiger partial charge in [-0.25, -0.2) is 4.98 Å². The van der Waals surface area contributed by atoms with Gasteiger partial charge in [0.1, 0.15) is 0 Å². The average molecular weight is 306 g/mol. The van der Waals surface area contributed by atoms with Crippen LogP contribution in [-0.2, 0) is 25.9 Å². The van der Waals surface area contributed by atoms with Crippen LogP contribution in [0, 0.1) is 6.92 Å². The molecule has 5 nitrogen and oxygen atoms in total. The summed E-state index contributed by atoms with van der Waals surface area (Å²) in [5.74, 6) is 0.149. The van der Waals surface area contributed by atoms with Gasteiger partial charge in [0.25, 0.3) is 5.91 Å². The van der Waals surface area contributed by atoms with Crippen molar-refractivity contribution in [3.8, 4) is 0 Å². The molecular weight excluding hydrogens is 288 g/mol. The van der Waals surface area contributed by atoms with Gasteiger partial charge in [-0.05, 0) is 18.9 Å². The summed E-state index contributed by atoms with van der Waals surface area (Å²) in [6.07, 6.45) is 3.71. The third-order valence-electron chi connectivity index (χ3n) is 5.27. The van der Waals surface area contributed by atoms with Crippen LogP contribution in [0.3, 0.4) is 0 Å². The summed E-state index contributed by atoms with van der Waals surface area (Å²) in [6.45, 7) is 4.36. The van der Waals surface area contributed by atoms with E-state index in [0.717, 1.165) is 48.3 Å². The predicted octanol–water partition coefficient (Wildman–Crippen LogP) is 2.43. The number of carbonyl (C=O) groups excluding carboxylic acids is 1. The lowest BCUT2D eigenvalue weighted by Gasteiger charge is -2.27. The number of amides is 1. The lowest BCUT2D eigenvalue weighted by atomic mass is 10.0. The number of hydrogen-bond donors (Lipinski definition) is 1. The molecule has 2 aliphatic heterocycles. The van der Waals surface area contributed by atoms with Crippen molar-refractivity contribution in [1.82, 2.24) is 19.4 Å². The van der Waals surface area contributed by atoms with Gasteiger partial charge in [-0.15, -0.1) is 0 Å². The van der Waals surface area contributed by atoms with E-state index >= 15 is 0 Å². The Labute approximate surface area is 133 Å². The molecule has 23 heavy (non-hydrogen) atoms. The zero-order valence-corrected chi connectivity index (χ0v) is 13.1. The minimum absolute atomic E-state index is 0.149. The molecular formula is C18H18N4O. The molecule has 0 spiro atoms. The second-order valence-corrected chi connectivity index (χ2v) is 6.49. The van der Waals surface area contributed by atoms with E-state index in [1.165, 1.54) is 16.8 Å². The number of aromatic amines is 1. The minimum atomic E-state index is 0.149. The Bertz CT molecular complexity index is 949. The second-order valence-electron chi connectivity index (χ2n) is 6.49. The molecule has 116 valence electrons. The van der Waals surface area contributed by atoms with Gasteiger partial charge < -0.3 is 14.5 Å². The second kappa shape index (κ2) is 4.47. The van der Waals surface area contributed by atoms with E-state index in [1.54, 1.807) is 6.33 Å². The van der Waals surface area contributed by atoms with E-state index in [2.05, 4.69) is 32.7 Å². The van der Waals surface area contributed by atoms with Crippen molar-refractivity contribution in [2.45, 2.75) is 32.9 Å². The predicted molar refractivity (Wildman–Crippen MR) is 87.4 cm³/mol. The molecule has 3 aromatic rings. The fourth-order valence-corrected chi connectivity index (χ4v) is 4.10. The largest absolute Gasteiger partial charge is 0.348 e. The van der Waals surface area contributed by atoms with E-state index in [0.29, 0.717) is 6.54 Å². The molecule has 0 bridgehead atoms. The first-order chi connectivity index (χ1) is 11.2. The van der Waals surface area contributed by atoms with Crippen LogP contribution < -0.4 is 0 Å². The highest BCUT2D eigenvalue weighted by Crippen LogP contribution is 2.36. The summed E-state index contributed by atoms with van der Waals surface area (Å²) in [4.78, 5) is 22.5. The quantitative estimate of drug-likeness (QED) is 0.790. The van der Waals surface area contributed by atoms with E-state index in [-0.39, 0.29) is 5.91 Å². The normalized spacial score (nSPS) is 16.4. The van der Waals surface area contributed by atoms with Crippen LogP contribution in [0.5, 0.6) is 0 Å². The van der Waals surface area contributed by atoms with Gasteiger partial charge in [0.2, 0.25) is 0 Å². The van der Waals surface area contributed by atoms with Crippen LogP contribution in [0.1, 0.15) is 33.0 Å². The van der Waals surface area contributed by atoms with Crippen molar-refractivity contribution < 1.29 is 4.79 Å². The Morgan fingerprint density at radius 3 is 3.00 bits per heavy atom. The molecule has 0 atom stereocenters. The first-order valence-electron chi connectivity index (χ1n) is 8.15. The highest BCUT2D eigenvalue weighted by molar-refractivity contribution is 6.10. The van der Waals surface area contributed by atoms with Crippen LogP contribution in [0.4, 0.5) is 0 Å². The number of carbonyl (C=O) groups is 1. The van der Waals surface area contributed by atoms with E-state index in [1.807, 2.05) is 11.8 Å². The fourth-order valence-electron chi connectivity index (χ4n) is 4.10. The molecule has 2 aliphatic rings. The van der Waals surface area contributed by atoms with Gasteiger partial charge in [-0.2, -0.15) is 0 Å². The molecule has 0 saturated carbocycles. The minimum Gasteiger partial charge on any atom is -0.348 e. The van der Waals surface area contributed by atoms with Gasteiger partial charge in [-0.1, -0.05) is 18.2 Å². The number of nitrogens with one attached hydrogen (secondary N) is 1. The number of hydrogen-bond acceptors (Lipinski definition) is 2. The summed E-state index contributed by atoms with van der Waals surface area (Å²) < 4.78 is 2.37. The number of benzene rings is 1. The molecule has 1 aromatic carbocycles. The maximum Gasteiger partial charge on any atom is 0.256 e. The molecule has 2 aromatic heterocycles. The number of aromatic nitrogens is 3. The van der Waals surface area contributed by atoms with Gasteiger partial charge in [0.05, 0.1) is 29.6 Å². The summed E-state index contributed by atoms with van der Waals surface area (Å²) >= 11 is 0. The average Bonchev–Trinajstić information content (AvgIpc) is 3.23. The molecule has 0 unspecified atom stereocenters. The molecule has 1 N–H and O–H groups in total. The summed E-state index contributed by atoms with van der Waals surface area (Å²) in [5.41, 5.74) is 6.79. The Kier molecular flexibility index (Phi) is 2.52. The Morgan fingerprint density at radius 1 is 1.26 bits per heavy atom. The third-order valence-corrected chi connectivity index (χ3v) is 5.27. The lowest BCUT2D eigenvalue weighted by molar-refractivity contribution is 0.0725. The first-order valence-corrected chi connectivity index (χ1v) is 8.15. The van der Waals surface area contributed by atoms with Gasteiger partial charge >= 0.3 is 0 Å². The van der Waals surface area contributed by atoms with Crippen molar-refractivity contribution in [2.75, 3.05) is 6.54 Å². The Morgan fingerprint density at radius 2 is 2.17 bits per heavy atom. The van der Waals surface area contributed by atoms with Crippen molar-refractivity contribution in [3.05, 3.63) is 52.7 Å². The molecule has 0 saturated heterocycles. The van der Waals surface area contributed by atoms with Crippen LogP contribution in [0.2, 0.25) is 0 Å². The molecule has 1 amide bonds. The van der Waals surface area contributed by atoms with Gasteiger partial charge in [0, 0.05) is 36.3 Å². The highest BCUT2D eigenvalue weighted by atomic mass is 16.2. The standard InChI is InChI=1S/C18H18N4O/c1-11-14(20-10-19-11)9-21-7-6-15-16(18(21)23)13-4-2-3-12-5-8-22(15)17(12)13/h2-4,10H,5-9H2,1H3,(H,19,20). The Hall–Kier alpha value is -2.56. The van der Waals surface area contributed by atoms with E-state index < -0.39 is 0 Å². The van der Waals surface area contributed by atoms with Crippen molar-refractivity contribution in [1.29, 1.82) is 0 Å². The number of H-pyrrole nitrogens is 1. The zero-order chi connectivity index (χ0) is 15.6. The zero-order valence-electron chi connectivity index (χ0n) is 13.1. The molecule has 0 aliphatic carbocycles. The molecule has 5 rings (SSSR count). The summed E-state index contributed by atoms with van der Waals surface area (Å²) in [7, 11) is 0. The Balaban J connectivity index is 1.61. The molecule has 0 radical (unpaired) electrons. The lowest BCUT2D eigenvalue weighted by Crippen LogP contribution is -2.37. The number of imidazole rings is 1. The van der Waals surface area contributed by atoms with E-state index in [9.17, 15) is 4.79 Å². The van der Waals surface area contributed by atoms with Crippen LogP contribution in [-0.4, -0.2) is 31.9 Å². The number of fused-ring (bicyclic) bond motifs is 3. The highest BCUT2D eigenvalue weighted by Gasteiger charge is 2.33. The third kappa shape index (κ3) is 1.67. The molecule has 4 heterocycles. The van der Waals surface area contributed by atoms with E-state index in [4.69, 9.17) is 0 Å². The maximum atomic E-state index is 13.1. The summed E-state index contributed by atoms with van der Waals surface area (Å²) in [5, 5.41) is 1.13. The van der Waals surface area contributed by atoms with Crippen molar-refractivity contribution >= 4 is 16.8 Å². The summed E-state index contributed by atoms with van der Waals surface area (Å²) in [6, 6.07) is 6.37. The monoisotopic (exact) mass is 306 g/mol. The topological polar surface area (TPSA) is 53.9 Å². The number of nitrogens with zero attached hydrogens (tertiary/aromatic N) is 3. The molecule has 0 fully saturated rings. The van der Waals surface area contributed by atoms with Crippen molar-refractivity contribution in [3.63, 3.8) is 0 Å². The van der Waals surface area contributed by atoms with Crippen molar-refractivity contribution in [2.24, 2.45) is 0 Å². The van der Waals surface area contributed by atoms with Crippen LogP contribution in [0.15, 0.2) is 24.5 Å². The van der Waals surface area contributed by atoms with Gasteiger partial charge in [0.15, 0.2) is 0 Å². The first kappa shape index (κ1) is 12.9.